The van der Waals surface area contributed by atoms with Gasteiger partial charge in [0.15, 0.2) is 0 Å². The summed E-state index contributed by atoms with van der Waals surface area (Å²) >= 11 is 0. The molecule has 7 heteroatoms. The van der Waals surface area contributed by atoms with E-state index in [9.17, 15) is 4.79 Å². The van der Waals surface area contributed by atoms with Crippen LogP contribution in [0.4, 0.5) is 4.79 Å². The Hall–Kier alpha value is -0.155. The van der Waals surface area contributed by atoms with Crippen LogP contribution in [0, 0.1) is 0 Å². The van der Waals surface area contributed by atoms with E-state index in [0.717, 1.165) is 0 Å². The minimum Gasteiger partial charge on any atom is -0.478 e. The first-order valence-corrected chi connectivity index (χ1v) is 4.79. The Morgan fingerprint density at radius 2 is 1.69 bits per heavy atom. The number of carbonyl (C=O) groups excluding carboxylic acids is 1. The van der Waals surface area contributed by atoms with Crippen molar-refractivity contribution in [1.82, 2.24) is 0 Å². The fourth-order valence-corrected chi connectivity index (χ4v) is 0.774. The lowest BCUT2D eigenvalue weighted by molar-refractivity contribution is 0.198. The molecule has 5 nitrogen and oxygen atoms in total. The van der Waals surface area contributed by atoms with Gasteiger partial charge in [0.05, 0.1) is 20.3 Å². The van der Waals surface area contributed by atoms with Crippen LogP contribution in [-0.2, 0) is 13.8 Å². The molecule has 0 unspecified atom stereocenters. The molecule has 0 saturated heterocycles. The first-order chi connectivity index (χ1) is 6.08. The van der Waals surface area contributed by atoms with E-state index in [2.05, 4.69) is 21.6 Å². The van der Waals surface area contributed by atoms with Gasteiger partial charge in [0, 0.05) is 0 Å². The summed E-state index contributed by atoms with van der Waals surface area (Å²) < 4.78 is 13.2. The molecular weight excluding hydrogens is 194 g/mol. The highest BCUT2D eigenvalue weighted by Crippen LogP contribution is 2.31. The van der Waals surface area contributed by atoms with Gasteiger partial charge in [-0.15, -0.1) is 0 Å². The van der Waals surface area contributed by atoms with Gasteiger partial charge in [-0.05, 0) is 13.8 Å². The lowest BCUT2D eigenvalue weighted by Gasteiger charge is -2.05. The van der Waals surface area contributed by atoms with Gasteiger partial charge in [0.1, 0.15) is 0 Å². The normalized spacial score (nSPS) is 9.00. The summed E-state index contributed by atoms with van der Waals surface area (Å²) in [6, 6.07) is 0. The molecule has 0 aliphatic heterocycles. The molecule has 0 saturated carbocycles. The van der Waals surface area contributed by atoms with Crippen molar-refractivity contribution < 1.29 is 23.5 Å². The summed E-state index contributed by atoms with van der Waals surface area (Å²) in [6.07, 6.45) is 0. The second kappa shape index (κ2) is 11.8. The first kappa shape index (κ1) is 15.3. The van der Waals surface area contributed by atoms with Crippen molar-refractivity contribution in [3.05, 3.63) is 0 Å². The maximum Gasteiger partial charge on any atom is 0.329 e. The van der Waals surface area contributed by atoms with Gasteiger partial charge in [0.2, 0.25) is 13.7 Å². The van der Waals surface area contributed by atoms with E-state index in [0.29, 0.717) is 13.2 Å². The molecule has 0 aromatic heterocycles. The van der Waals surface area contributed by atoms with E-state index in [1.54, 1.807) is 0 Å². The second-order valence-electron chi connectivity index (χ2n) is 1.60. The van der Waals surface area contributed by atoms with Crippen molar-refractivity contribution in [3.8, 4) is 0 Å². The van der Waals surface area contributed by atoms with Crippen LogP contribution in [0.2, 0.25) is 0 Å². The Morgan fingerprint density at radius 1 is 1.38 bits per heavy atom. The molecule has 0 spiro atoms. The van der Waals surface area contributed by atoms with E-state index >= 15 is 0 Å². The molecule has 76 valence electrons. The number of hydrogen-bond acceptors (Lipinski definition) is 5. The van der Waals surface area contributed by atoms with Crippen LogP contribution in [0.1, 0.15) is 13.8 Å². The summed E-state index contributed by atoms with van der Waals surface area (Å²) in [4.78, 5) is 18.0. The number of carbonyl (C=O) groups is 1. The predicted octanol–water partition coefficient (Wildman–Crippen LogP) is 1.20. The van der Waals surface area contributed by atoms with Crippen molar-refractivity contribution >= 4 is 22.3 Å². The first-order valence-electron chi connectivity index (χ1n) is 3.66. The minimum atomic E-state index is -1.58. The van der Waals surface area contributed by atoms with E-state index < -0.39 is 14.5 Å². The number of methoxy groups -OCH3 is 1. The second-order valence-corrected chi connectivity index (χ2v) is 2.59. The number of hydrogen-bond donors (Lipinski definition) is 1. The van der Waals surface area contributed by atoms with Crippen molar-refractivity contribution in [2.24, 2.45) is 0 Å². The van der Waals surface area contributed by atoms with Crippen molar-refractivity contribution in [2.45, 2.75) is 13.8 Å². The highest BCUT2D eigenvalue weighted by atomic mass is 31.2. The zero-order valence-corrected chi connectivity index (χ0v) is 8.91. The van der Waals surface area contributed by atoms with Gasteiger partial charge in [-0.3, -0.25) is 4.79 Å². The highest BCUT2D eigenvalue weighted by molar-refractivity contribution is 7.40. The zero-order chi connectivity index (χ0) is 10.7. The van der Waals surface area contributed by atoms with Crippen LogP contribution in [-0.4, -0.2) is 38.9 Å². The van der Waals surface area contributed by atoms with E-state index in [4.69, 9.17) is 4.89 Å². The Kier molecular flexibility index (Phi) is 14.0. The minimum absolute atomic E-state index is 0.502. The lowest BCUT2D eigenvalue weighted by atomic mass is 10.2. The molecule has 0 amide bonds. The molecule has 0 heterocycles. The molecule has 0 aromatic rings. The van der Waals surface area contributed by atoms with Crippen molar-refractivity contribution in [3.63, 3.8) is 0 Å². The molecular formula is C6H14BO5P. The molecule has 2 radical (unpaired) electrons. The Labute approximate surface area is 80.8 Å². The summed E-state index contributed by atoms with van der Waals surface area (Å²) in [6.45, 7) is 4.62. The average molecular weight is 208 g/mol. The Bertz CT molecular complexity index is 118. The standard InChI is InChI=1S/C4H11O3P.C2H3BO2/c1-3-6-8(5)7-4-2;1-5-2(3)4/h5H,3-4H2,1-2H3;1H3. The summed E-state index contributed by atoms with van der Waals surface area (Å²) in [5, 5.41) is 0. The van der Waals surface area contributed by atoms with E-state index in [1.807, 2.05) is 13.8 Å². The fraction of sp³-hybridized carbons (Fsp3) is 0.833. The number of ether oxygens (including phenoxy) is 1. The maximum atomic E-state index is 9.37. The van der Waals surface area contributed by atoms with Gasteiger partial charge in [0.25, 0.3) is 0 Å². The van der Waals surface area contributed by atoms with Crippen LogP contribution < -0.4 is 0 Å². The predicted molar refractivity (Wildman–Crippen MR) is 50.5 cm³/mol. The van der Waals surface area contributed by atoms with Crippen LogP contribution in [0.5, 0.6) is 0 Å². The average Bonchev–Trinajstić information content (AvgIpc) is 2.06. The van der Waals surface area contributed by atoms with E-state index in [1.165, 1.54) is 7.11 Å². The number of rotatable bonds is 4. The van der Waals surface area contributed by atoms with Crippen LogP contribution in [0.15, 0.2) is 0 Å². The lowest BCUT2D eigenvalue weighted by Crippen LogP contribution is -1.92. The molecule has 1 N–H and O–H groups in total. The summed E-state index contributed by atoms with van der Waals surface area (Å²) in [7, 11) is 4.07. The van der Waals surface area contributed by atoms with Gasteiger partial charge < -0.3 is 18.7 Å². The van der Waals surface area contributed by atoms with Gasteiger partial charge in [-0.2, -0.15) is 0 Å². The molecule has 13 heavy (non-hydrogen) atoms. The third-order valence-corrected chi connectivity index (χ3v) is 1.64. The Morgan fingerprint density at radius 3 is 1.85 bits per heavy atom. The zero-order valence-electron chi connectivity index (χ0n) is 8.02. The largest absolute Gasteiger partial charge is 0.478 e. The molecule has 0 aliphatic carbocycles. The molecule has 0 rings (SSSR count). The highest BCUT2D eigenvalue weighted by Gasteiger charge is 2.00. The van der Waals surface area contributed by atoms with Crippen molar-refractivity contribution in [1.29, 1.82) is 0 Å². The smallest absolute Gasteiger partial charge is 0.329 e. The molecule has 0 atom stereocenters. The van der Waals surface area contributed by atoms with Crippen LogP contribution in [0.3, 0.4) is 0 Å². The summed E-state index contributed by atoms with van der Waals surface area (Å²) in [5.74, 6) is -0.745. The van der Waals surface area contributed by atoms with Crippen LogP contribution >= 0.6 is 8.60 Å². The molecule has 0 fully saturated rings. The Balaban J connectivity index is 0. The quantitative estimate of drug-likeness (QED) is 0.555. The fourth-order valence-electron chi connectivity index (χ4n) is 0.258. The third kappa shape index (κ3) is 18.7. The van der Waals surface area contributed by atoms with E-state index in [-0.39, 0.29) is 0 Å². The maximum absolute atomic E-state index is 9.37. The van der Waals surface area contributed by atoms with Gasteiger partial charge in [-0.25, -0.2) is 0 Å². The monoisotopic (exact) mass is 208 g/mol. The molecule has 0 aliphatic rings. The molecule has 0 bridgehead atoms. The molecule has 0 aromatic carbocycles. The topological polar surface area (TPSA) is 65.0 Å². The van der Waals surface area contributed by atoms with Crippen molar-refractivity contribution in [2.75, 3.05) is 20.3 Å². The SMILES string of the molecule is CCOP(O)OCC.[B]C(=O)OC. The third-order valence-electron chi connectivity index (χ3n) is 0.680. The van der Waals surface area contributed by atoms with Gasteiger partial charge >= 0.3 is 8.60 Å². The van der Waals surface area contributed by atoms with Crippen LogP contribution in [0.25, 0.3) is 0 Å². The summed E-state index contributed by atoms with van der Waals surface area (Å²) in [5.41, 5.74) is 0. The van der Waals surface area contributed by atoms with Gasteiger partial charge in [-0.1, -0.05) is 0 Å².